The van der Waals surface area contributed by atoms with E-state index >= 15 is 0 Å². The van der Waals surface area contributed by atoms with Crippen LogP contribution in [-0.2, 0) is 14.3 Å². The van der Waals surface area contributed by atoms with Crippen molar-refractivity contribution in [2.45, 2.75) is 142 Å². The molecule has 28 heavy (non-hydrogen) atoms. The minimum Gasteiger partial charge on any atom is -0.481 e. The van der Waals surface area contributed by atoms with Crippen molar-refractivity contribution >= 4 is 11.9 Å². The summed E-state index contributed by atoms with van der Waals surface area (Å²) in [7, 11) is 0. The minimum absolute atomic E-state index is 0.0849. The molecule has 4 heteroatoms. The third kappa shape index (κ3) is 21.2. The molecular weight excluding hydrogens is 352 g/mol. The first kappa shape index (κ1) is 26.9. The molecule has 0 amide bonds. The van der Waals surface area contributed by atoms with Gasteiger partial charge in [-0.25, -0.2) is 0 Å². The van der Waals surface area contributed by atoms with Crippen LogP contribution >= 0.6 is 0 Å². The van der Waals surface area contributed by atoms with E-state index in [1.54, 1.807) is 0 Å². The van der Waals surface area contributed by atoms with Crippen molar-refractivity contribution < 1.29 is 19.4 Å². The normalized spacial score (nSPS) is 12.1. The average Bonchev–Trinajstić information content (AvgIpc) is 2.63. The van der Waals surface area contributed by atoms with Crippen LogP contribution in [0.5, 0.6) is 0 Å². The van der Waals surface area contributed by atoms with Crippen molar-refractivity contribution in [3.05, 3.63) is 0 Å². The molecule has 0 aliphatic rings. The van der Waals surface area contributed by atoms with E-state index in [0.717, 1.165) is 12.8 Å². The van der Waals surface area contributed by atoms with Gasteiger partial charge in [-0.3, -0.25) is 9.59 Å². The molecule has 0 fully saturated rings. The van der Waals surface area contributed by atoms with E-state index in [1.165, 1.54) is 103 Å². The predicted octanol–water partition coefficient (Wildman–Crippen LogP) is 7.43. The van der Waals surface area contributed by atoms with Gasteiger partial charge in [0, 0.05) is 6.92 Å². The van der Waals surface area contributed by atoms with Gasteiger partial charge in [0.25, 0.3) is 0 Å². The van der Waals surface area contributed by atoms with Crippen molar-refractivity contribution in [1.29, 1.82) is 0 Å². The van der Waals surface area contributed by atoms with Gasteiger partial charge in [0.05, 0.1) is 6.42 Å². The SMILES string of the molecule is CCCCCCCCCCCCCCCCCCC[C@@H](CC(=O)O)OC(C)=O. The number of aliphatic carboxylic acids is 1. The topological polar surface area (TPSA) is 63.6 Å². The Hall–Kier alpha value is -1.06. The van der Waals surface area contributed by atoms with Crippen molar-refractivity contribution in [3.8, 4) is 0 Å². The molecule has 0 rings (SSSR count). The molecule has 4 nitrogen and oxygen atoms in total. The Morgan fingerprint density at radius 3 is 1.36 bits per heavy atom. The Morgan fingerprint density at radius 1 is 0.679 bits per heavy atom. The molecule has 0 heterocycles. The second-order valence-corrected chi connectivity index (χ2v) is 8.27. The van der Waals surface area contributed by atoms with Crippen LogP contribution in [-0.4, -0.2) is 23.1 Å². The van der Waals surface area contributed by atoms with Crippen molar-refractivity contribution in [1.82, 2.24) is 0 Å². The highest BCUT2D eigenvalue weighted by Crippen LogP contribution is 2.15. The number of carboxylic acids is 1. The Bertz CT molecular complexity index is 352. The molecule has 0 aliphatic heterocycles. The number of esters is 1. The highest BCUT2D eigenvalue weighted by atomic mass is 16.5. The number of carbonyl (C=O) groups is 2. The number of rotatable bonds is 21. The molecule has 1 atom stereocenters. The summed E-state index contributed by atoms with van der Waals surface area (Å²) in [5.74, 6) is -1.29. The summed E-state index contributed by atoms with van der Waals surface area (Å²) in [6.45, 7) is 3.61. The van der Waals surface area contributed by atoms with Crippen molar-refractivity contribution in [3.63, 3.8) is 0 Å². The summed E-state index contributed by atoms with van der Waals surface area (Å²) in [5, 5.41) is 8.85. The number of ether oxygens (including phenoxy) is 1. The quantitative estimate of drug-likeness (QED) is 0.161. The molecule has 0 unspecified atom stereocenters. The van der Waals surface area contributed by atoms with Gasteiger partial charge in [0.2, 0.25) is 0 Å². The van der Waals surface area contributed by atoms with Gasteiger partial charge in [-0.15, -0.1) is 0 Å². The third-order valence-electron chi connectivity index (χ3n) is 5.36. The summed E-state index contributed by atoms with van der Waals surface area (Å²) in [5.41, 5.74) is 0. The van der Waals surface area contributed by atoms with Crippen LogP contribution in [0.2, 0.25) is 0 Å². The standard InChI is InChI=1S/C24H46O4/c1-3-4-5-6-7-8-9-10-11-12-13-14-15-16-17-18-19-20-23(21-24(26)27)28-22(2)25/h23H,3-21H2,1-2H3,(H,26,27)/t23-/m0/s1. The molecule has 0 aromatic rings. The fraction of sp³-hybridized carbons (Fsp3) is 0.917. The van der Waals surface area contributed by atoms with E-state index in [4.69, 9.17) is 9.84 Å². The fourth-order valence-corrected chi connectivity index (χ4v) is 3.73. The summed E-state index contributed by atoms with van der Waals surface area (Å²) in [6, 6.07) is 0. The van der Waals surface area contributed by atoms with Crippen LogP contribution in [0.4, 0.5) is 0 Å². The van der Waals surface area contributed by atoms with E-state index in [9.17, 15) is 9.59 Å². The maximum atomic E-state index is 11.0. The van der Waals surface area contributed by atoms with E-state index in [0.29, 0.717) is 6.42 Å². The predicted molar refractivity (Wildman–Crippen MR) is 117 cm³/mol. The smallest absolute Gasteiger partial charge is 0.307 e. The fourth-order valence-electron chi connectivity index (χ4n) is 3.73. The highest BCUT2D eigenvalue weighted by Gasteiger charge is 2.15. The lowest BCUT2D eigenvalue weighted by atomic mass is 10.0. The Balaban J connectivity index is 3.30. The van der Waals surface area contributed by atoms with E-state index in [-0.39, 0.29) is 6.42 Å². The van der Waals surface area contributed by atoms with Crippen molar-refractivity contribution in [2.24, 2.45) is 0 Å². The average molecular weight is 399 g/mol. The number of unbranched alkanes of at least 4 members (excludes halogenated alkanes) is 16. The van der Waals surface area contributed by atoms with Gasteiger partial charge >= 0.3 is 11.9 Å². The lowest BCUT2D eigenvalue weighted by Gasteiger charge is -2.14. The van der Waals surface area contributed by atoms with Gasteiger partial charge in [-0.05, 0) is 12.8 Å². The number of hydrogen-bond acceptors (Lipinski definition) is 3. The van der Waals surface area contributed by atoms with Crippen LogP contribution in [0.15, 0.2) is 0 Å². The third-order valence-corrected chi connectivity index (χ3v) is 5.36. The van der Waals surface area contributed by atoms with Gasteiger partial charge in [-0.2, -0.15) is 0 Å². The monoisotopic (exact) mass is 398 g/mol. The zero-order chi connectivity index (χ0) is 20.9. The van der Waals surface area contributed by atoms with E-state index in [2.05, 4.69) is 6.92 Å². The van der Waals surface area contributed by atoms with Crippen LogP contribution in [0.25, 0.3) is 0 Å². The first-order valence-corrected chi connectivity index (χ1v) is 11.9. The Kier molecular flexibility index (Phi) is 19.9. The first-order valence-electron chi connectivity index (χ1n) is 11.9. The first-order chi connectivity index (χ1) is 13.6. The van der Waals surface area contributed by atoms with E-state index < -0.39 is 18.0 Å². The van der Waals surface area contributed by atoms with Gasteiger partial charge in [-0.1, -0.05) is 110 Å². The number of hydrogen-bond donors (Lipinski definition) is 1. The molecular formula is C24H46O4. The molecule has 0 bridgehead atoms. The van der Waals surface area contributed by atoms with Gasteiger partial charge < -0.3 is 9.84 Å². The number of carbonyl (C=O) groups excluding carboxylic acids is 1. The largest absolute Gasteiger partial charge is 0.481 e. The summed E-state index contributed by atoms with van der Waals surface area (Å²) >= 11 is 0. The molecule has 0 saturated carbocycles. The maximum absolute atomic E-state index is 11.0. The Morgan fingerprint density at radius 2 is 1.04 bits per heavy atom. The molecule has 0 aromatic carbocycles. The molecule has 0 aromatic heterocycles. The maximum Gasteiger partial charge on any atom is 0.307 e. The highest BCUT2D eigenvalue weighted by molar-refractivity contribution is 5.69. The van der Waals surface area contributed by atoms with Crippen molar-refractivity contribution in [2.75, 3.05) is 0 Å². The molecule has 1 N–H and O–H groups in total. The summed E-state index contributed by atoms with van der Waals surface area (Å²) in [4.78, 5) is 21.8. The molecule has 0 saturated heterocycles. The Labute approximate surface area is 173 Å². The summed E-state index contributed by atoms with van der Waals surface area (Å²) in [6.07, 6.45) is 22.6. The van der Waals surface area contributed by atoms with E-state index in [1.807, 2.05) is 0 Å². The van der Waals surface area contributed by atoms with Gasteiger partial charge in [0.1, 0.15) is 6.10 Å². The number of carboxylic acid groups (broad SMARTS) is 1. The second kappa shape index (κ2) is 20.7. The molecule has 0 spiro atoms. The zero-order valence-corrected chi connectivity index (χ0v) is 18.7. The van der Waals surface area contributed by atoms with Gasteiger partial charge in [0.15, 0.2) is 0 Å². The minimum atomic E-state index is -0.904. The molecule has 166 valence electrons. The van der Waals surface area contributed by atoms with Crippen LogP contribution in [0, 0.1) is 0 Å². The summed E-state index contributed by atoms with van der Waals surface area (Å²) < 4.78 is 5.07. The van der Waals surface area contributed by atoms with Crippen LogP contribution < -0.4 is 0 Å². The zero-order valence-electron chi connectivity index (χ0n) is 18.7. The molecule has 0 radical (unpaired) electrons. The molecule has 0 aliphatic carbocycles. The van der Waals surface area contributed by atoms with Crippen LogP contribution in [0.3, 0.4) is 0 Å². The second-order valence-electron chi connectivity index (χ2n) is 8.27. The van der Waals surface area contributed by atoms with Crippen LogP contribution in [0.1, 0.15) is 136 Å². The lowest BCUT2D eigenvalue weighted by molar-refractivity contribution is -0.151. The lowest BCUT2D eigenvalue weighted by Crippen LogP contribution is -2.20.